The maximum Gasteiger partial charge on any atom is 0.291 e. The number of sulfonamides is 2. The molecule has 174 valence electrons. The van der Waals surface area contributed by atoms with Gasteiger partial charge in [0.1, 0.15) is 4.90 Å². The summed E-state index contributed by atoms with van der Waals surface area (Å²) in [6.45, 7) is 1.74. The van der Waals surface area contributed by atoms with Gasteiger partial charge in [-0.3, -0.25) is 4.79 Å². The minimum atomic E-state index is -3.81. The Bertz CT molecular complexity index is 1180. The van der Waals surface area contributed by atoms with Gasteiger partial charge < -0.3 is 9.73 Å². The number of para-hydroxylation sites is 1. The highest BCUT2D eigenvalue weighted by Crippen LogP contribution is 2.28. The van der Waals surface area contributed by atoms with Crippen LogP contribution in [0.4, 0.5) is 5.69 Å². The van der Waals surface area contributed by atoms with Crippen molar-refractivity contribution in [1.29, 1.82) is 0 Å². The third-order valence-electron chi connectivity index (χ3n) is 5.78. The van der Waals surface area contributed by atoms with E-state index in [4.69, 9.17) is 4.42 Å². The number of hydrogen-bond donors (Lipinski definition) is 1. The first kappa shape index (κ1) is 23.0. The van der Waals surface area contributed by atoms with Crippen molar-refractivity contribution in [1.82, 2.24) is 8.61 Å². The van der Waals surface area contributed by atoms with Gasteiger partial charge in [-0.2, -0.15) is 8.61 Å². The Morgan fingerprint density at radius 3 is 1.94 bits per heavy atom. The summed E-state index contributed by atoms with van der Waals surface area (Å²) in [7, 11) is -7.58. The molecule has 2 aliphatic heterocycles. The van der Waals surface area contributed by atoms with Gasteiger partial charge in [0.05, 0.1) is 5.69 Å². The largest absolute Gasteiger partial charge is 0.438 e. The fourth-order valence-electron chi connectivity index (χ4n) is 4.04. The number of hydrogen-bond acceptors (Lipinski definition) is 6. The third-order valence-corrected chi connectivity index (χ3v) is 9.51. The average molecular weight is 482 g/mol. The molecule has 0 atom stereocenters. The monoisotopic (exact) mass is 481 g/mol. The quantitative estimate of drug-likeness (QED) is 0.678. The molecule has 0 radical (unpaired) electrons. The maximum absolute atomic E-state index is 13.1. The van der Waals surface area contributed by atoms with Crippen molar-refractivity contribution in [3.63, 3.8) is 0 Å². The molecule has 4 rings (SSSR count). The van der Waals surface area contributed by atoms with E-state index in [1.807, 2.05) is 0 Å². The van der Waals surface area contributed by atoms with Crippen LogP contribution in [0.3, 0.4) is 0 Å². The van der Waals surface area contributed by atoms with E-state index in [0.717, 1.165) is 38.5 Å². The van der Waals surface area contributed by atoms with Crippen molar-refractivity contribution in [2.24, 2.45) is 0 Å². The van der Waals surface area contributed by atoms with Gasteiger partial charge in [-0.1, -0.05) is 25.0 Å². The van der Waals surface area contributed by atoms with Gasteiger partial charge >= 0.3 is 0 Å². The summed E-state index contributed by atoms with van der Waals surface area (Å²) in [5.74, 6) is -0.919. The molecule has 0 aliphatic carbocycles. The molecule has 1 aromatic carbocycles. The highest BCUT2D eigenvalue weighted by atomic mass is 32.2. The van der Waals surface area contributed by atoms with E-state index in [9.17, 15) is 21.6 Å². The minimum Gasteiger partial charge on any atom is -0.438 e. The predicted octanol–water partition coefficient (Wildman–Crippen LogP) is 2.88. The van der Waals surface area contributed by atoms with Gasteiger partial charge in [0.2, 0.25) is 15.1 Å². The van der Waals surface area contributed by atoms with Crippen LogP contribution in [0.25, 0.3) is 0 Å². The molecular formula is C21H27N3O6S2. The van der Waals surface area contributed by atoms with Crippen LogP contribution >= 0.6 is 0 Å². The van der Waals surface area contributed by atoms with E-state index in [0.29, 0.717) is 26.2 Å². The first-order valence-corrected chi connectivity index (χ1v) is 13.7. The topological polar surface area (TPSA) is 117 Å². The Morgan fingerprint density at radius 1 is 0.750 bits per heavy atom. The van der Waals surface area contributed by atoms with Crippen LogP contribution in [0.5, 0.6) is 0 Å². The van der Waals surface area contributed by atoms with Crippen molar-refractivity contribution in [3.05, 3.63) is 42.2 Å². The van der Waals surface area contributed by atoms with E-state index in [-0.39, 0.29) is 21.4 Å². The Hall–Kier alpha value is -2.21. The van der Waals surface area contributed by atoms with Crippen molar-refractivity contribution in [2.45, 2.75) is 48.5 Å². The average Bonchev–Trinajstić information content (AvgIpc) is 3.32. The second kappa shape index (κ2) is 9.34. The molecule has 0 spiro atoms. The molecule has 11 heteroatoms. The third kappa shape index (κ3) is 4.61. The smallest absolute Gasteiger partial charge is 0.291 e. The normalized spacial score (nSPS) is 19.0. The lowest BCUT2D eigenvalue weighted by atomic mass is 10.2. The summed E-state index contributed by atoms with van der Waals surface area (Å²) in [4.78, 5) is 12.8. The molecule has 2 saturated heterocycles. The van der Waals surface area contributed by atoms with Gasteiger partial charge in [-0.05, 0) is 49.9 Å². The first-order valence-electron chi connectivity index (χ1n) is 10.8. The molecule has 0 bridgehead atoms. The number of piperidine rings is 2. The standard InChI is InChI=1S/C21H27N3O6S2/c25-21(18-11-12-20(30-18)32(28,29)24-15-7-2-8-16-24)22-17-9-3-4-10-19(17)31(26,27)23-13-5-1-6-14-23/h3-4,9-12H,1-2,5-8,13-16H2,(H,22,25). The summed E-state index contributed by atoms with van der Waals surface area (Å²) >= 11 is 0. The van der Waals surface area contributed by atoms with Crippen LogP contribution in [0.2, 0.25) is 0 Å². The SMILES string of the molecule is O=C(Nc1ccccc1S(=O)(=O)N1CCCCC1)c1ccc(S(=O)(=O)N2CCCCC2)o1. The number of carbonyl (C=O) groups is 1. The summed E-state index contributed by atoms with van der Waals surface area (Å²) in [5.41, 5.74) is 0.125. The summed E-state index contributed by atoms with van der Waals surface area (Å²) in [5, 5.41) is 2.28. The number of nitrogens with zero attached hydrogens (tertiary/aromatic N) is 2. The molecule has 1 amide bonds. The molecule has 1 aromatic heterocycles. The Morgan fingerprint density at radius 2 is 1.31 bits per heavy atom. The number of nitrogens with one attached hydrogen (secondary N) is 1. The van der Waals surface area contributed by atoms with E-state index < -0.39 is 26.0 Å². The lowest BCUT2D eigenvalue weighted by molar-refractivity contribution is 0.0991. The molecule has 3 heterocycles. The van der Waals surface area contributed by atoms with Crippen LogP contribution < -0.4 is 5.32 Å². The van der Waals surface area contributed by atoms with Crippen LogP contribution in [-0.4, -0.2) is 57.5 Å². The van der Waals surface area contributed by atoms with E-state index in [1.165, 1.54) is 32.9 Å². The highest BCUT2D eigenvalue weighted by Gasteiger charge is 2.31. The maximum atomic E-state index is 13.1. The predicted molar refractivity (Wildman–Crippen MR) is 118 cm³/mol. The first-order chi connectivity index (χ1) is 15.3. The van der Waals surface area contributed by atoms with Crippen molar-refractivity contribution >= 4 is 31.6 Å². The van der Waals surface area contributed by atoms with Crippen LogP contribution in [-0.2, 0) is 20.0 Å². The van der Waals surface area contributed by atoms with Crippen LogP contribution in [0.15, 0.2) is 50.8 Å². The van der Waals surface area contributed by atoms with Crippen LogP contribution in [0, 0.1) is 0 Å². The van der Waals surface area contributed by atoms with E-state index in [2.05, 4.69) is 5.32 Å². The molecule has 2 aliphatic rings. The molecule has 1 N–H and O–H groups in total. The van der Waals surface area contributed by atoms with Crippen molar-refractivity contribution in [2.75, 3.05) is 31.5 Å². The van der Waals surface area contributed by atoms with Crippen molar-refractivity contribution < 1.29 is 26.0 Å². The van der Waals surface area contributed by atoms with Gasteiger partial charge in [-0.15, -0.1) is 0 Å². The van der Waals surface area contributed by atoms with Gasteiger partial charge in [-0.25, -0.2) is 16.8 Å². The summed E-state index contributed by atoms with van der Waals surface area (Å²) in [6.07, 6.45) is 5.15. The highest BCUT2D eigenvalue weighted by molar-refractivity contribution is 7.89. The fourth-order valence-corrected chi connectivity index (χ4v) is 7.13. The van der Waals surface area contributed by atoms with Crippen molar-refractivity contribution in [3.8, 4) is 0 Å². The number of benzene rings is 1. The van der Waals surface area contributed by atoms with E-state index in [1.54, 1.807) is 12.1 Å². The molecule has 2 fully saturated rings. The Balaban J connectivity index is 1.54. The molecule has 32 heavy (non-hydrogen) atoms. The van der Waals surface area contributed by atoms with Gasteiger partial charge in [0.25, 0.3) is 15.9 Å². The number of anilines is 1. The zero-order chi connectivity index (χ0) is 22.8. The second-order valence-corrected chi connectivity index (χ2v) is 11.8. The number of amides is 1. The van der Waals surface area contributed by atoms with Gasteiger partial charge in [0.15, 0.2) is 5.76 Å². The zero-order valence-corrected chi connectivity index (χ0v) is 19.3. The fraction of sp³-hybridized carbons (Fsp3) is 0.476. The molecule has 0 saturated carbocycles. The molecule has 0 unspecified atom stereocenters. The number of carbonyl (C=O) groups excluding carboxylic acids is 1. The second-order valence-electron chi connectivity index (χ2n) is 8.00. The molecule has 2 aromatic rings. The Labute approximate surface area is 188 Å². The lowest BCUT2D eigenvalue weighted by Gasteiger charge is -2.26. The molecular weight excluding hydrogens is 454 g/mol. The minimum absolute atomic E-state index is 0.00275. The number of rotatable bonds is 6. The summed E-state index contributed by atoms with van der Waals surface area (Å²) in [6, 6.07) is 8.72. The van der Waals surface area contributed by atoms with E-state index >= 15 is 0 Å². The van der Waals surface area contributed by atoms with Crippen LogP contribution in [0.1, 0.15) is 49.1 Å². The van der Waals surface area contributed by atoms with Gasteiger partial charge in [0, 0.05) is 26.2 Å². The summed E-state index contributed by atoms with van der Waals surface area (Å²) < 4.78 is 59.9. The number of furan rings is 1. The molecule has 9 nitrogen and oxygen atoms in total. The Kier molecular flexibility index (Phi) is 6.70. The zero-order valence-electron chi connectivity index (χ0n) is 17.7. The lowest BCUT2D eigenvalue weighted by Crippen LogP contribution is -2.36.